The zero-order valence-electron chi connectivity index (χ0n) is 10.1. The molecule has 0 fully saturated rings. The van der Waals surface area contributed by atoms with Crippen LogP contribution in [0.2, 0.25) is 0 Å². The number of alkyl halides is 3. The van der Waals surface area contributed by atoms with E-state index >= 15 is 0 Å². The van der Waals surface area contributed by atoms with Crippen molar-refractivity contribution in [1.29, 1.82) is 0 Å². The Labute approximate surface area is 110 Å². The zero-order valence-corrected chi connectivity index (χ0v) is 10.9. The van der Waals surface area contributed by atoms with E-state index < -0.39 is 23.6 Å². The van der Waals surface area contributed by atoms with E-state index in [1.807, 2.05) is 13.8 Å². The molecule has 0 amide bonds. The molecule has 0 radical (unpaired) electrons. The normalized spacial score (nSPS) is 13.3. The number of nitrogens with two attached hydrogens (primary N) is 1. The molecule has 0 aliphatic rings. The molecule has 1 nitrogen and oxygen atoms in total. The fraction of sp³-hybridized carbons (Fsp3) is 0.500. The molecular formula is C12H16ClF4N. The van der Waals surface area contributed by atoms with Gasteiger partial charge in [0.05, 0.1) is 5.56 Å². The molecule has 18 heavy (non-hydrogen) atoms. The predicted molar refractivity (Wildman–Crippen MR) is 65.0 cm³/mol. The van der Waals surface area contributed by atoms with Crippen molar-refractivity contribution in [1.82, 2.24) is 0 Å². The van der Waals surface area contributed by atoms with E-state index in [0.717, 1.165) is 18.2 Å². The largest absolute Gasteiger partial charge is 0.416 e. The average Bonchev–Trinajstić information content (AvgIpc) is 2.14. The second-order valence-electron chi connectivity index (χ2n) is 4.47. The Morgan fingerprint density at radius 1 is 1.22 bits per heavy atom. The van der Waals surface area contributed by atoms with Crippen molar-refractivity contribution in [3.05, 3.63) is 35.1 Å². The predicted octanol–water partition coefficient (Wildman–Crippen LogP) is 4.31. The first kappa shape index (κ1) is 17.2. The van der Waals surface area contributed by atoms with Crippen LogP contribution in [0, 0.1) is 11.7 Å². The van der Waals surface area contributed by atoms with Crippen molar-refractivity contribution in [3.8, 4) is 0 Å². The van der Waals surface area contributed by atoms with Gasteiger partial charge in [-0.05, 0) is 36.1 Å². The van der Waals surface area contributed by atoms with Crippen LogP contribution in [0.5, 0.6) is 0 Å². The molecule has 0 aromatic heterocycles. The fourth-order valence-electron chi connectivity index (χ4n) is 1.73. The zero-order chi connectivity index (χ0) is 13.2. The second kappa shape index (κ2) is 6.38. The summed E-state index contributed by atoms with van der Waals surface area (Å²) in [5, 5.41) is 0. The summed E-state index contributed by atoms with van der Waals surface area (Å²) in [6.45, 7) is 3.71. The van der Waals surface area contributed by atoms with Crippen LogP contribution < -0.4 is 5.73 Å². The maximum absolute atomic E-state index is 13.0. The molecule has 0 aliphatic heterocycles. The lowest BCUT2D eigenvalue weighted by molar-refractivity contribution is -0.138. The van der Waals surface area contributed by atoms with Crippen LogP contribution in [-0.4, -0.2) is 0 Å². The smallest absolute Gasteiger partial charge is 0.324 e. The molecule has 1 aromatic carbocycles. The lowest BCUT2D eigenvalue weighted by Crippen LogP contribution is -2.19. The van der Waals surface area contributed by atoms with Gasteiger partial charge in [0, 0.05) is 6.04 Å². The van der Waals surface area contributed by atoms with Gasteiger partial charge in [0.25, 0.3) is 0 Å². The van der Waals surface area contributed by atoms with Crippen LogP contribution in [0.15, 0.2) is 18.2 Å². The Bertz CT molecular complexity index is 390. The quantitative estimate of drug-likeness (QED) is 0.823. The summed E-state index contributed by atoms with van der Waals surface area (Å²) in [6, 6.07) is 1.61. The third-order valence-electron chi connectivity index (χ3n) is 2.44. The van der Waals surface area contributed by atoms with Crippen molar-refractivity contribution in [3.63, 3.8) is 0 Å². The van der Waals surface area contributed by atoms with Gasteiger partial charge in [0.2, 0.25) is 0 Å². The van der Waals surface area contributed by atoms with Crippen LogP contribution >= 0.6 is 12.4 Å². The molecule has 1 rings (SSSR count). The molecule has 0 heterocycles. The molecule has 0 aliphatic carbocycles. The minimum atomic E-state index is -4.50. The minimum absolute atomic E-state index is 0. The SMILES string of the molecule is CC(C)C[C@@H](N)c1cc(F)ccc1C(F)(F)F.Cl. The van der Waals surface area contributed by atoms with E-state index in [2.05, 4.69) is 0 Å². The molecule has 0 saturated carbocycles. The Hall–Kier alpha value is -0.810. The van der Waals surface area contributed by atoms with Gasteiger partial charge < -0.3 is 5.73 Å². The Balaban J connectivity index is 0.00000289. The highest BCUT2D eigenvalue weighted by Gasteiger charge is 2.34. The van der Waals surface area contributed by atoms with Gasteiger partial charge in [0.15, 0.2) is 0 Å². The summed E-state index contributed by atoms with van der Waals surface area (Å²) < 4.78 is 51.1. The van der Waals surface area contributed by atoms with Crippen molar-refractivity contribution in [2.75, 3.05) is 0 Å². The second-order valence-corrected chi connectivity index (χ2v) is 4.47. The van der Waals surface area contributed by atoms with Gasteiger partial charge in [-0.3, -0.25) is 0 Å². The van der Waals surface area contributed by atoms with Gasteiger partial charge >= 0.3 is 6.18 Å². The third kappa shape index (κ3) is 4.46. The van der Waals surface area contributed by atoms with Gasteiger partial charge in [0.1, 0.15) is 5.82 Å². The van der Waals surface area contributed by atoms with E-state index in [4.69, 9.17) is 5.73 Å². The Morgan fingerprint density at radius 3 is 2.22 bits per heavy atom. The van der Waals surface area contributed by atoms with Crippen molar-refractivity contribution >= 4 is 12.4 Å². The van der Waals surface area contributed by atoms with Crippen molar-refractivity contribution < 1.29 is 17.6 Å². The first-order chi connectivity index (χ1) is 7.71. The average molecular weight is 286 g/mol. The molecular weight excluding hydrogens is 270 g/mol. The number of hydrogen-bond acceptors (Lipinski definition) is 1. The molecule has 1 aromatic rings. The molecule has 6 heteroatoms. The van der Waals surface area contributed by atoms with E-state index in [1.165, 1.54) is 0 Å². The molecule has 0 saturated heterocycles. The minimum Gasteiger partial charge on any atom is -0.324 e. The number of rotatable bonds is 3. The summed E-state index contributed by atoms with van der Waals surface area (Å²) in [7, 11) is 0. The summed E-state index contributed by atoms with van der Waals surface area (Å²) in [5.74, 6) is -0.554. The Kier molecular flexibility index (Phi) is 6.10. The number of hydrogen-bond donors (Lipinski definition) is 1. The molecule has 2 N–H and O–H groups in total. The standard InChI is InChI=1S/C12H15F4N.ClH/c1-7(2)5-11(17)9-6-8(13)3-4-10(9)12(14,15)16;/h3-4,6-7,11H,5,17H2,1-2H3;1H/t11-;/m1./s1. The molecule has 1 atom stereocenters. The van der Waals surface area contributed by atoms with Crippen molar-refractivity contribution in [2.45, 2.75) is 32.5 Å². The van der Waals surface area contributed by atoms with Gasteiger partial charge in [-0.25, -0.2) is 4.39 Å². The van der Waals surface area contributed by atoms with E-state index in [0.29, 0.717) is 6.42 Å². The first-order valence-electron chi connectivity index (χ1n) is 5.34. The summed E-state index contributed by atoms with van der Waals surface area (Å²) in [6.07, 6.45) is -4.12. The molecule has 104 valence electrons. The summed E-state index contributed by atoms with van der Waals surface area (Å²) in [4.78, 5) is 0. The van der Waals surface area contributed by atoms with Gasteiger partial charge in [-0.15, -0.1) is 12.4 Å². The topological polar surface area (TPSA) is 26.0 Å². The number of benzene rings is 1. The molecule has 0 bridgehead atoms. The lowest BCUT2D eigenvalue weighted by atomic mass is 9.94. The maximum atomic E-state index is 13.0. The van der Waals surface area contributed by atoms with Crippen LogP contribution in [0.3, 0.4) is 0 Å². The molecule has 0 unspecified atom stereocenters. The molecule has 0 spiro atoms. The lowest BCUT2D eigenvalue weighted by Gasteiger charge is -2.19. The van der Waals surface area contributed by atoms with Crippen LogP contribution in [-0.2, 0) is 6.18 Å². The van der Waals surface area contributed by atoms with Crippen LogP contribution in [0.25, 0.3) is 0 Å². The van der Waals surface area contributed by atoms with Gasteiger partial charge in [-0.2, -0.15) is 13.2 Å². The summed E-state index contributed by atoms with van der Waals surface area (Å²) in [5.41, 5.74) is 4.67. The third-order valence-corrected chi connectivity index (χ3v) is 2.44. The van der Waals surface area contributed by atoms with E-state index in [1.54, 1.807) is 0 Å². The first-order valence-corrected chi connectivity index (χ1v) is 5.34. The van der Waals surface area contributed by atoms with Crippen molar-refractivity contribution in [2.24, 2.45) is 11.7 Å². The monoisotopic (exact) mass is 285 g/mol. The van der Waals surface area contributed by atoms with Gasteiger partial charge in [-0.1, -0.05) is 13.8 Å². The Morgan fingerprint density at radius 2 is 1.78 bits per heavy atom. The van der Waals surface area contributed by atoms with Crippen LogP contribution in [0.4, 0.5) is 17.6 Å². The summed E-state index contributed by atoms with van der Waals surface area (Å²) >= 11 is 0. The fourth-order valence-corrected chi connectivity index (χ4v) is 1.73. The van der Waals surface area contributed by atoms with Crippen LogP contribution in [0.1, 0.15) is 37.4 Å². The van der Waals surface area contributed by atoms with E-state index in [9.17, 15) is 17.6 Å². The highest BCUT2D eigenvalue weighted by atomic mass is 35.5. The highest BCUT2D eigenvalue weighted by molar-refractivity contribution is 5.85. The maximum Gasteiger partial charge on any atom is 0.416 e. The van der Waals surface area contributed by atoms with E-state index in [-0.39, 0.29) is 23.9 Å². The highest BCUT2D eigenvalue weighted by Crippen LogP contribution is 2.35. The number of halogens is 5.